The summed E-state index contributed by atoms with van der Waals surface area (Å²) in [5.41, 5.74) is 10.0. The maximum Gasteiger partial charge on any atom is 0.279 e. The van der Waals surface area contributed by atoms with Crippen molar-refractivity contribution in [2.75, 3.05) is 5.73 Å². The molecule has 2 aromatic heterocycles. The van der Waals surface area contributed by atoms with Gasteiger partial charge in [0.25, 0.3) is 5.56 Å². The highest BCUT2D eigenvalue weighted by Gasteiger charge is 2.15. The number of aromatic nitrogens is 1. The molecule has 3 nitrogen and oxygen atoms in total. The zero-order chi connectivity index (χ0) is 14.4. The molecule has 3 rings (SSSR count). The van der Waals surface area contributed by atoms with Gasteiger partial charge in [-0.25, -0.2) is 0 Å². The highest BCUT2D eigenvalue weighted by Crippen LogP contribution is 2.30. The SMILES string of the molecule is Cc1ccc(-n2c(=O)c(N)c(C)c3sc(C)cc32)cc1. The number of nitrogen functional groups attached to an aromatic ring is 1. The molecule has 20 heavy (non-hydrogen) atoms. The molecule has 0 saturated heterocycles. The van der Waals surface area contributed by atoms with Crippen molar-refractivity contribution in [2.45, 2.75) is 20.8 Å². The van der Waals surface area contributed by atoms with Gasteiger partial charge in [0.2, 0.25) is 0 Å². The van der Waals surface area contributed by atoms with Crippen molar-refractivity contribution < 1.29 is 0 Å². The summed E-state index contributed by atoms with van der Waals surface area (Å²) >= 11 is 1.67. The highest BCUT2D eigenvalue weighted by atomic mass is 32.1. The lowest BCUT2D eigenvalue weighted by Crippen LogP contribution is -2.22. The quantitative estimate of drug-likeness (QED) is 0.742. The van der Waals surface area contributed by atoms with E-state index in [1.54, 1.807) is 15.9 Å². The van der Waals surface area contributed by atoms with Crippen LogP contribution in [-0.4, -0.2) is 4.57 Å². The van der Waals surface area contributed by atoms with Crippen LogP contribution in [0.25, 0.3) is 15.9 Å². The normalized spacial score (nSPS) is 11.2. The van der Waals surface area contributed by atoms with Crippen molar-refractivity contribution >= 4 is 27.2 Å². The van der Waals surface area contributed by atoms with Crippen molar-refractivity contribution in [3.63, 3.8) is 0 Å². The second-order valence-corrected chi connectivity index (χ2v) is 6.34. The smallest absolute Gasteiger partial charge is 0.279 e. The molecule has 0 bridgehead atoms. The molecule has 3 aromatic rings. The number of benzene rings is 1. The Labute approximate surface area is 121 Å². The molecule has 1 aromatic carbocycles. The van der Waals surface area contributed by atoms with Gasteiger partial charge in [0.1, 0.15) is 5.69 Å². The topological polar surface area (TPSA) is 48.0 Å². The van der Waals surface area contributed by atoms with E-state index in [1.807, 2.05) is 51.1 Å². The summed E-state index contributed by atoms with van der Waals surface area (Å²) < 4.78 is 2.79. The molecular weight excluding hydrogens is 268 g/mol. The summed E-state index contributed by atoms with van der Waals surface area (Å²) in [4.78, 5) is 13.7. The molecule has 0 amide bonds. The highest BCUT2D eigenvalue weighted by molar-refractivity contribution is 7.19. The van der Waals surface area contributed by atoms with Crippen molar-refractivity contribution in [3.8, 4) is 5.69 Å². The Kier molecular flexibility index (Phi) is 2.91. The summed E-state index contributed by atoms with van der Waals surface area (Å²) in [6.07, 6.45) is 0. The Bertz CT molecular complexity index is 857. The predicted octanol–water partition coefficient (Wildman–Crippen LogP) is 3.56. The number of nitrogens with zero attached hydrogens (tertiary/aromatic N) is 1. The average Bonchev–Trinajstić information content (AvgIpc) is 2.80. The van der Waals surface area contributed by atoms with E-state index in [2.05, 4.69) is 0 Å². The third-order valence-electron chi connectivity index (χ3n) is 3.55. The number of rotatable bonds is 1. The third-order valence-corrected chi connectivity index (χ3v) is 4.71. The molecule has 0 aliphatic carbocycles. The first kappa shape index (κ1) is 12.9. The molecular formula is C16H16N2OS. The number of thiophene rings is 1. The van der Waals surface area contributed by atoms with E-state index >= 15 is 0 Å². The number of nitrogens with two attached hydrogens (primary N) is 1. The van der Waals surface area contributed by atoms with Crippen LogP contribution in [0.2, 0.25) is 0 Å². The van der Waals surface area contributed by atoms with Crippen molar-refractivity contribution in [3.05, 3.63) is 56.7 Å². The van der Waals surface area contributed by atoms with E-state index in [9.17, 15) is 4.79 Å². The summed E-state index contributed by atoms with van der Waals surface area (Å²) in [5.74, 6) is 0. The molecule has 2 N–H and O–H groups in total. The molecule has 0 aliphatic heterocycles. The molecule has 0 aliphatic rings. The van der Waals surface area contributed by atoms with Gasteiger partial charge in [-0.15, -0.1) is 11.3 Å². The van der Waals surface area contributed by atoms with Gasteiger partial charge >= 0.3 is 0 Å². The van der Waals surface area contributed by atoms with Crippen LogP contribution in [-0.2, 0) is 0 Å². The Morgan fingerprint density at radius 1 is 1.10 bits per heavy atom. The van der Waals surface area contributed by atoms with E-state index < -0.39 is 0 Å². The van der Waals surface area contributed by atoms with Crippen molar-refractivity contribution in [2.24, 2.45) is 0 Å². The largest absolute Gasteiger partial charge is 0.394 e. The summed E-state index contributed by atoms with van der Waals surface area (Å²) in [6.45, 7) is 5.99. The summed E-state index contributed by atoms with van der Waals surface area (Å²) in [6, 6.07) is 9.97. The number of aryl methyl sites for hydroxylation is 3. The van der Waals surface area contributed by atoms with E-state index in [4.69, 9.17) is 5.73 Å². The van der Waals surface area contributed by atoms with Crippen LogP contribution in [0.4, 0.5) is 5.69 Å². The lowest BCUT2D eigenvalue weighted by atomic mass is 10.2. The number of hydrogen-bond donors (Lipinski definition) is 1. The third kappa shape index (κ3) is 1.84. The minimum Gasteiger partial charge on any atom is -0.394 e. The van der Waals surface area contributed by atoms with Gasteiger partial charge in [0.05, 0.1) is 10.2 Å². The molecule has 0 radical (unpaired) electrons. The van der Waals surface area contributed by atoms with E-state index in [0.29, 0.717) is 5.69 Å². The number of fused-ring (bicyclic) bond motifs is 1. The standard InChI is InChI=1S/C16H16N2OS/c1-9-4-6-12(7-5-9)18-13-8-10(2)20-15(13)11(3)14(17)16(18)19/h4-8H,17H2,1-3H3. The molecule has 0 spiro atoms. The van der Waals surface area contributed by atoms with Gasteiger partial charge in [0.15, 0.2) is 0 Å². The zero-order valence-corrected chi connectivity index (χ0v) is 12.5. The Hall–Kier alpha value is -2.07. The van der Waals surface area contributed by atoms with Crippen LogP contribution in [0.3, 0.4) is 0 Å². The van der Waals surface area contributed by atoms with E-state index in [-0.39, 0.29) is 5.56 Å². The monoisotopic (exact) mass is 284 g/mol. The van der Waals surface area contributed by atoms with Crippen molar-refractivity contribution in [1.29, 1.82) is 0 Å². The summed E-state index contributed by atoms with van der Waals surface area (Å²) in [7, 11) is 0. The molecule has 0 fully saturated rings. The van der Waals surface area contributed by atoms with Crippen LogP contribution < -0.4 is 11.3 Å². The van der Waals surface area contributed by atoms with E-state index in [0.717, 1.165) is 21.5 Å². The molecule has 102 valence electrons. The second kappa shape index (κ2) is 4.49. The minimum absolute atomic E-state index is 0.142. The lowest BCUT2D eigenvalue weighted by Gasteiger charge is -2.11. The van der Waals surface area contributed by atoms with Gasteiger partial charge in [-0.05, 0) is 44.5 Å². The maximum atomic E-state index is 12.5. The lowest BCUT2D eigenvalue weighted by molar-refractivity contribution is 1.04. The fourth-order valence-corrected chi connectivity index (χ4v) is 3.41. The number of hydrogen-bond acceptors (Lipinski definition) is 3. The molecule has 0 unspecified atom stereocenters. The predicted molar refractivity (Wildman–Crippen MR) is 86.0 cm³/mol. The summed E-state index contributed by atoms with van der Waals surface area (Å²) in [5, 5.41) is 0. The fourth-order valence-electron chi connectivity index (χ4n) is 2.40. The molecule has 4 heteroatoms. The molecule has 2 heterocycles. The number of pyridine rings is 1. The zero-order valence-electron chi connectivity index (χ0n) is 11.7. The minimum atomic E-state index is -0.142. The van der Waals surface area contributed by atoms with Crippen LogP contribution in [0.15, 0.2) is 35.1 Å². The van der Waals surface area contributed by atoms with Gasteiger partial charge < -0.3 is 5.73 Å². The van der Waals surface area contributed by atoms with Crippen LogP contribution in [0, 0.1) is 20.8 Å². The first-order valence-corrected chi connectivity index (χ1v) is 7.29. The first-order valence-electron chi connectivity index (χ1n) is 6.47. The molecule has 0 atom stereocenters. The maximum absolute atomic E-state index is 12.5. The molecule has 0 saturated carbocycles. The Morgan fingerprint density at radius 3 is 2.40 bits per heavy atom. The first-order chi connectivity index (χ1) is 9.49. The van der Waals surface area contributed by atoms with E-state index in [1.165, 1.54) is 10.4 Å². The second-order valence-electron chi connectivity index (χ2n) is 5.09. The van der Waals surface area contributed by atoms with Gasteiger partial charge in [-0.3, -0.25) is 9.36 Å². The van der Waals surface area contributed by atoms with Gasteiger partial charge in [-0.2, -0.15) is 0 Å². The van der Waals surface area contributed by atoms with Gasteiger partial charge in [-0.1, -0.05) is 17.7 Å². The van der Waals surface area contributed by atoms with Gasteiger partial charge in [0, 0.05) is 10.6 Å². The average molecular weight is 284 g/mol. The number of anilines is 1. The Balaban J connectivity index is 2.46. The Morgan fingerprint density at radius 2 is 1.75 bits per heavy atom. The fraction of sp³-hybridized carbons (Fsp3) is 0.188. The van der Waals surface area contributed by atoms with Crippen LogP contribution in [0.5, 0.6) is 0 Å². The van der Waals surface area contributed by atoms with Crippen LogP contribution in [0.1, 0.15) is 16.0 Å². The van der Waals surface area contributed by atoms with Crippen LogP contribution >= 0.6 is 11.3 Å². The van der Waals surface area contributed by atoms with Crippen molar-refractivity contribution in [1.82, 2.24) is 4.57 Å².